The zero-order valence-electron chi connectivity index (χ0n) is 12.3. The Morgan fingerprint density at radius 3 is 2.73 bits per heavy atom. The number of benzene rings is 2. The smallest absolute Gasteiger partial charge is 0.254 e. The van der Waals surface area contributed by atoms with Gasteiger partial charge in [-0.3, -0.25) is 4.79 Å². The average Bonchev–Trinajstić information content (AvgIpc) is 3.02. The molecule has 2 aromatic carbocycles. The number of amides is 1. The monoisotopic (exact) mass is 312 g/mol. The van der Waals surface area contributed by atoms with Crippen molar-refractivity contribution in [3.8, 4) is 0 Å². The van der Waals surface area contributed by atoms with Crippen molar-refractivity contribution in [1.29, 1.82) is 0 Å². The Balaban J connectivity index is 1.92. The quantitative estimate of drug-likeness (QED) is 0.757. The van der Waals surface area contributed by atoms with Crippen LogP contribution in [-0.2, 0) is 6.54 Å². The number of aromatic amines is 1. The van der Waals surface area contributed by atoms with Crippen molar-refractivity contribution in [3.63, 3.8) is 0 Å². The second kappa shape index (κ2) is 6.24. The van der Waals surface area contributed by atoms with Crippen LogP contribution in [0.3, 0.4) is 0 Å². The molecule has 0 fully saturated rings. The van der Waals surface area contributed by atoms with E-state index < -0.39 is 0 Å². The van der Waals surface area contributed by atoms with Crippen LogP contribution in [0, 0.1) is 0 Å². The van der Waals surface area contributed by atoms with Crippen molar-refractivity contribution in [2.45, 2.75) is 13.5 Å². The highest BCUT2D eigenvalue weighted by Gasteiger charge is 2.18. The summed E-state index contributed by atoms with van der Waals surface area (Å²) in [6, 6.07) is 15.3. The van der Waals surface area contributed by atoms with Gasteiger partial charge in [-0.05, 0) is 36.8 Å². The van der Waals surface area contributed by atoms with Crippen molar-refractivity contribution in [3.05, 3.63) is 70.9 Å². The number of carbonyl (C=O) groups excluding carboxylic acids is 1. The van der Waals surface area contributed by atoms with E-state index in [-0.39, 0.29) is 5.91 Å². The molecule has 22 heavy (non-hydrogen) atoms. The van der Waals surface area contributed by atoms with Gasteiger partial charge in [0.1, 0.15) is 0 Å². The van der Waals surface area contributed by atoms with Crippen LogP contribution >= 0.6 is 11.6 Å². The molecule has 4 heteroatoms. The fourth-order valence-electron chi connectivity index (χ4n) is 2.60. The van der Waals surface area contributed by atoms with E-state index in [9.17, 15) is 4.79 Å². The SMILES string of the molecule is CCN(Cc1ccccc1Cl)C(=O)c1cccc2[nH]ccc12. The first-order chi connectivity index (χ1) is 10.7. The van der Waals surface area contributed by atoms with E-state index in [0.717, 1.165) is 16.5 Å². The molecule has 0 aliphatic carbocycles. The number of nitrogens with zero attached hydrogens (tertiary/aromatic N) is 1. The molecule has 1 aromatic heterocycles. The number of carbonyl (C=O) groups is 1. The summed E-state index contributed by atoms with van der Waals surface area (Å²) in [5.74, 6) is 0.0209. The minimum absolute atomic E-state index is 0.0209. The van der Waals surface area contributed by atoms with Crippen LogP contribution in [0.15, 0.2) is 54.7 Å². The molecule has 0 saturated carbocycles. The first-order valence-electron chi connectivity index (χ1n) is 7.29. The summed E-state index contributed by atoms with van der Waals surface area (Å²) in [4.78, 5) is 17.8. The number of nitrogens with one attached hydrogen (secondary N) is 1. The molecule has 0 aliphatic heterocycles. The lowest BCUT2D eigenvalue weighted by Crippen LogP contribution is -2.30. The van der Waals surface area contributed by atoms with Gasteiger partial charge in [-0.2, -0.15) is 0 Å². The number of halogens is 1. The Morgan fingerprint density at radius 1 is 1.14 bits per heavy atom. The number of fused-ring (bicyclic) bond motifs is 1. The van der Waals surface area contributed by atoms with Gasteiger partial charge in [-0.25, -0.2) is 0 Å². The van der Waals surface area contributed by atoms with Crippen LogP contribution in [0.25, 0.3) is 10.9 Å². The summed E-state index contributed by atoms with van der Waals surface area (Å²) in [6.45, 7) is 3.12. The van der Waals surface area contributed by atoms with Crippen LogP contribution in [0.2, 0.25) is 5.02 Å². The van der Waals surface area contributed by atoms with Crippen molar-refractivity contribution < 1.29 is 4.79 Å². The number of H-pyrrole nitrogens is 1. The van der Waals surface area contributed by atoms with Crippen LogP contribution in [0.4, 0.5) is 0 Å². The van der Waals surface area contributed by atoms with E-state index in [4.69, 9.17) is 11.6 Å². The maximum Gasteiger partial charge on any atom is 0.254 e. The zero-order valence-corrected chi connectivity index (χ0v) is 13.1. The highest BCUT2D eigenvalue weighted by atomic mass is 35.5. The molecule has 3 aromatic rings. The zero-order chi connectivity index (χ0) is 15.5. The third kappa shape index (κ3) is 2.72. The maximum atomic E-state index is 12.9. The number of hydrogen-bond donors (Lipinski definition) is 1. The third-order valence-electron chi connectivity index (χ3n) is 3.81. The lowest BCUT2D eigenvalue weighted by Gasteiger charge is -2.22. The van der Waals surface area contributed by atoms with Gasteiger partial charge in [-0.1, -0.05) is 35.9 Å². The number of rotatable bonds is 4. The van der Waals surface area contributed by atoms with Gasteiger partial charge >= 0.3 is 0 Å². The van der Waals surface area contributed by atoms with Crippen LogP contribution in [-0.4, -0.2) is 22.3 Å². The van der Waals surface area contributed by atoms with Gasteiger partial charge in [0, 0.05) is 40.8 Å². The highest BCUT2D eigenvalue weighted by molar-refractivity contribution is 6.31. The molecule has 0 unspecified atom stereocenters. The van der Waals surface area contributed by atoms with Gasteiger partial charge in [0.2, 0.25) is 0 Å². The summed E-state index contributed by atoms with van der Waals surface area (Å²) in [5, 5.41) is 1.64. The van der Waals surface area contributed by atoms with Crippen molar-refractivity contribution in [1.82, 2.24) is 9.88 Å². The molecule has 3 nitrogen and oxygen atoms in total. The van der Waals surface area contributed by atoms with E-state index in [1.54, 1.807) is 0 Å². The Bertz CT molecular complexity index is 809. The predicted molar refractivity (Wildman–Crippen MR) is 90.2 cm³/mol. The molecule has 1 amide bonds. The normalized spacial score (nSPS) is 10.8. The summed E-state index contributed by atoms with van der Waals surface area (Å²) in [7, 11) is 0. The Hall–Kier alpha value is -2.26. The Kier molecular flexibility index (Phi) is 4.16. The van der Waals surface area contributed by atoms with Crippen LogP contribution < -0.4 is 0 Å². The highest BCUT2D eigenvalue weighted by Crippen LogP contribution is 2.22. The molecular formula is C18H17ClN2O. The van der Waals surface area contributed by atoms with E-state index in [0.29, 0.717) is 23.7 Å². The average molecular weight is 313 g/mol. The van der Waals surface area contributed by atoms with Crippen LogP contribution in [0.5, 0.6) is 0 Å². The largest absolute Gasteiger partial charge is 0.361 e. The third-order valence-corrected chi connectivity index (χ3v) is 4.18. The topological polar surface area (TPSA) is 36.1 Å². The molecular weight excluding hydrogens is 296 g/mol. The molecule has 0 spiro atoms. The summed E-state index contributed by atoms with van der Waals surface area (Å²) in [6.07, 6.45) is 1.85. The number of hydrogen-bond acceptors (Lipinski definition) is 1. The van der Waals surface area contributed by atoms with Gasteiger partial charge < -0.3 is 9.88 Å². The second-order valence-electron chi connectivity index (χ2n) is 5.16. The van der Waals surface area contributed by atoms with Gasteiger partial charge in [-0.15, -0.1) is 0 Å². The minimum Gasteiger partial charge on any atom is -0.361 e. The number of aromatic nitrogens is 1. The molecule has 0 atom stereocenters. The summed E-state index contributed by atoms with van der Waals surface area (Å²) in [5.41, 5.74) is 2.65. The van der Waals surface area contributed by atoms with Crippen molar-refractivity contribution in [2.24, 2.45) is 0 Å². The molecule has 3 rings (SSSR count). The predicted octanol–water partition coefficient (Wildman–Crippen LogP) is 4.48. The molecule has 0 saturated heterocycles. The lowest BCUT2D eigenvalue weighted by molar-refractivity contribution is 0.0754. The van der Waals surface area contributed by atoms with E-state index in [1.165, 1.54) is 0 Å². The molecule has 0 radical (unpaired) electrons. The first kappa shape index (κ1) is 14.7. The van der Waals surface area contributed by atoms with Crippen molar-refractivity contribution in [2.75, 3.05) is 6.54 Å². The summed E-state index contributed by atoms with van der Waals surface area (Å²) < 4.78 is 0. The van der Waals surface area contributed by atoms with Gasteiger partial charge in [0.05, 0.1) is 0 Å². The fourth-order valence-corrected chi connectivity index (χ4v) is 2.80. The summed E-state index contributed by atoms with van der Waals surface area (Å²) >= 11 is 6.21. The molecule has 1 heterocycles. The van der Waals surface area contributed by atoms with E-state index >= 15 is 0 Å². The second-order valence-corrected chi connectivity index (χ2v) is 5.56. The molecule has 0 bridgehead atoms. The lowest BCUT2D eigenvalue weighted by atomic mass is 10.1. The van der Waals surface area contributed by atoms with Gasteiger partial charge in [0.15, 0.2) is 0 Å². The maximum absolute atomic E-state index is 12.9. The fraction of sp³-hybridized carbons (Fsp3) is 0.167. The Morgan fingerprint density at radius 2 is 1.95 bits per heavy atom. The Labute approximate surface area is 134 Å². The molecule has 0 aliphatic rings. The molecule has 1 N–H and O–H groups in total. The van der Waals surface area contributed by atoms with E-state index in [1.807, 2.05) is 66.6 Å². The van der Waals surface area contributed by atoms with Crippen LogP contribution in [0.1, 0.15) is 22.8 Å². The van der Waals surface area contributed by atoms with E-state index in [2.05, 4.69) is 4.98 Å². The molecule has 112 valence electrons. The van der Waals surface area contributed by atoms with Crippen molar-refractivity contribution >= 4 is 28.4 Å². The first-order valence-corrected chi connectivity index (χ1v) is 7.67. The van der Waals surface area contributed by atoms with Gasteiger partial charge in [0.25, 0.3) is 5.91 Å². The standard InChI is InChI=1S/C18H17ClN2O/c1-2-21(12-13-6-3-4-8-16(13)19)18(22)15-7-5-9-17-14(15)10-11-20-17/h3-11,20H,2,12H2,1H3. The minimum atomic E-state index is 0.0209.